The average Bonchev–Trinajstić information content (AvgIpc) is 2.67. The van der Waals surface area contributed by atoms with E-state index >= 15 is 0 Å². The highest BCUT2D eigenvalue weighted by molar-refractivity contribution is 5.79. The molecule has 15 heavy (non-hydrogen) atoms. The Labute approximate surface area is 91.1 Å². The van der Waals surface area contributed by atoms with E-state index in [-0.39, 0.29) is 11.7 Å². The van der Waals surface area contributed by atoms with Crippen LogP contribution in [0.1, 0.15) is 45.4 Å². The van der Waals surface area contributed by atoms with Crippen molar-refractivity contribution < 1.29 is 14.3 Å². The normalized spacial score (nSPS) is 33.5. The molecule has 1 saturated heterocycles. The summed E-state index contributed by atoms with van der Waals surface area (Å²) < 4.78 is 10.8. The zero-order valence-electron chi connectivity index (χ0n) is 9.46. The van der Waals surface area contributed by atoms with Gasteiger partial charge in [0.2, 0.25) is 0 Å². The molecule has 0 spiro atoms. The molecule has 86 valence electrons. The van der Waals surface area contributed by atoms with E-state index in [1.165, 1.54) is 6.42 Å². The molecule has 0 radical (unpaired) electrons. The van der Waals surface area contributed by atoms with Crippen molar-refractivity contribution in [1.82, 2.24) is 0 Å². The van der Waals surface area contributed by atoms with Crippen LogP contribution in [0.4, 0.5) is 0 Å². The predicted octanol–water partition coefficient (Wildman–Crippen LogP) is 2.29. The van der Waals surface area contributed by atoms with Gasteiger partial charge in [0.25, 0.3) is 0 Å². The molecule has 2 fully saturated rings. The van der Waals surface area contributed by atoms with Crippen LogP contribution in [0.3, 0.4) is 0 Å². The molecule has 0 aromatic heterocycles. The van der Waals surface area contributed by atoms with Crippen LogP contribution < -0.4 is 0 Å². The molecule has 1 saturated carbocycles. The van der Waals surface area contributed by atoms with Crippen molar-refractivity contribution in [1.29, 1.82) is 0 Å². The SMILES string of the molecule is CC1(CCC2OCCO2)CCCC(=O)C1. The summed E-state index contributed by atoms with van der Waals surface area (Å²) in [5.41, 5.74) is 0.199. The third-order valence-electron chi connectivity index (χ3n) is 3.53. The van der Waals surface area contributed by atoms with Gasteiger partial charge >= 0.3 is 0 Å². The van der Waals surface area contributed by atoms with Crippen LogP contribution in [-0.2, 0) is 14.3 Å². The van der Waals surface area contributed by atoms with Gasteiger partial charge in [0, 0.05) is 12.8 Å². The van der Waals surface area contributed by atoms with E-state index in [0.29, 0.717) is 5.78 Å². The van der Waals surface area contributed by atoms with Crippen LogP contribution in [0.2, 0.25) is 0 Å². The number of ether oxygens (including phenoxy) is 2. The summed E-state index contributed by atoms with van der Waals surface area (Å²) in [6.07, 6.45) is 5.73. The van der Waals surface area contributed by atoms with Crippen molar-refractivity contribution >= 4 is 5.78 Å². The van der Waals surface area contributed by atoms with Gasteiger partial charge in [0.05, 0.1) is 13.2 Å². The molecule has 0 aromatic carbocycles. The summed E-state index contributed by atoms with van der Waals surface area (Å²) >= 11 is 0. The van der Waals surface area contributed by atoms with E-state index in [1.54, 1.807) is 0 Å². The molecular weight excluding hydrogens is 192 g/mol. The molecule has 1 aliphatic carbocycles. The maximum Gasteiger partial charge on any atom is 0.157 e. The maximum atomic E-state index is 11.4. The van der Waals surface area contributed by atoms with Crippen LogP contribution in [-0.4, -0.2) is 25.3 Å². The first kappa shape index (κ1) is 11.1. The van der Waals surface area contributed by atoms with E-state index in [0.717, 1.165) is 45.3 Å². The van der Waals surface area contributed by atoms with Gasteiger partial charge in [0.1, 0.15) is 5.78 Å². The maximum absolute atomic E-state index is 11.4. The monoisotopic (exact) mass is 212 g/mol. The third-order valence-corrected chi connectivity index (χ3v) is 3.53. The van der Waals surface area contributed by atoms with Gasteiger partial charge in [-0.1, -0.05) is 6.92 Å². The summed E-state index contributed by atoms with van der Waals surface area (Å²) in [7, 11) is 0. The van der Waals surface area contributed by atoms with Crippen molar-refractivity contribution in [3.05, 3.63) is 0 Å². The molecule has 0 amide bonds. The Morgan fingerprint density at radius 2 is 2.13 bits per heavy atom. The van der Waals surface area contributed by atoms with E-state index in [9.17, 15) is 4.79 Å². The fraction of sp³-hybridized carbons (Fsp3) is 0.917. The largest absolute Gasteiger partial charge is 0.350 e. The van der Waals surface area contributed by atoms with E-state index in [4.69, 9.17) is 9.47 Å². The lowest BCUT2D eigenvalue weighted by Crippen LogP contribution is -2.27. The Balaban J connectivity index is 1.78. The molecule has 1 aliphatic heterocycles. The number of ketones is 1. The van der Waals surface area contributed by atoms with E-state index < -0.39 is 0 Å². The minimum atomic E-state index is -0.0150. The summed E-state index contributed by atoms with van der Waals surface area (Å²) in [6.45, 7) is 3.67. The fourth-order valence-corrected chi connectivity index (χ4v) is 2.62. The molecule has 2 rings (SSSR count). The van der Waals surface area contributed by atoms with Crippen molar-refractivity contribution in [3.63, 3.8) is 0 Å². The lowest BCUT2D eigenvalue weighted by Gasteiger charge is -2.33. The van der Waals surface area contributed by atoms with Gasteiger partial charge in [-0.15, -0.1) is 0 Å². The Hall–Kier alpha value is -0.410. The Morgan fingerprint density at radius 3 is 2.80 bits per heavy atom. The average molecular weight is 212 g/mol. The molecule has 3 nitrogen and oxygen atoms in total. The standard InChI is InChI=1S/C12H20O3/c1-12(5-2-3-10(13)9-12)6-4-11-14-7-8-15-11/h11H,2-9H2,1H3. The third kappa shape index (κ3) is 3.02. The van der Waals surface area contributed by atoms with Gasteiger partial charge in [0.15, 0.2) is 6.29 Å². The number of rotatable bonds is 3. The number of Topliss-reactive ketones (excluding diaryl/α,β-unsaturated/α-hetero) is 1. The van der Waals surface area contributed by atoms with Crippen molar-refractivity contribution in [2.75, 3.05) is 13.2 Å². The number of carbonyl (C=O) groups is 1. The molecule has 0 bridgehead atoms. The van der Waals surface area contributed by atoms with Crippen LogP contribution in [0.25, 0.3) is 0 Å². The Kier molecular flexibility index (Phi) is 3.42. The van der Waals surface area contributed by atoms with Crippen molar-refractivity contribution in [3.8, 4) is 0 Å². The molecule has 3 heteroatoms. The summed E-state index contributed by atoms with van der Waals surface area (Å²) in [6, 6.07) is 0. The van der Waals surface area contributed by atoms with Crippen LogP contribution in [0, 0.1) is 5.41 Å². The van der Waals surface area contributed by atoms with Gasteiger partial charge in [-0.25, -0.2) is 0 Å². The lowest BCUT2D eigenvalue weighted by atomic mass is 9.72. The highest BCUT2D eigenvalue weighted by Crippen LogP contribution is 2.38. The molecule has 1 atom stereocenters. The minimum absolute atomic E-state index is 0.0150. The quantitative estimate of drug-likeness (QED) is 0.720. The van der Waals surface area contributed by atoms with Crippen molar-refractivity contribution in [2.24, 2.45) is 5.41 Å². The molecule has 1 heterocycles. The zero-order valence-corrected chi connectivity index (χ0v) is 9.46. The number of hydrogen-bond donors (Lipinski definition) is 0. The van der Waals surface area contributed by atoms with Gasteiger partial charge in [-0.2, -0.15) is 0 Å². The van der Waals surface area contributed by atoms with Crippen LogP contribution in [0.15, 0.2) is 0 Å². The first-order valence-corrected chi connectivity index (χ1v) is 5.93. The minimum Gasteiger partial charge on any atom is -0.350 e. The second-order valence-electron chi connectivity index (χ2n) is 5.09. The molecule has 0 aromatic rings. The topological polar surface area (TPSA) is 35.5 Å². The molecule has 0 N–H and O–H groups in total. The Bertz CT molecular complexity index is 233. The fourth-order valence-electron chi connectivity index (χ4n) is 2.62. The zero-order chi connectivity index (χ0) is 10.7. The highest BCUT2D eigenvalue weighted by Gasteiger charge is 2.32. The Morgan fingerprint density at radius 1 is 1.40 bits per heavy atom. The summed E-state index contributed by atoms with van der Waals surface area (Å²) in [5.74, 6) is 0.428. The smallest absolute Gasteiger partial charge is 0.157 e. The lowest BCUT2D eigenvalue weighted by molar-refractivity contribution is -0.124. The number of hydrogen-bond acceptors (Lipinski definition) is 3. The summed E-state index contributed by atoms with van der Waals surface area (Å²) in [5, 5.41) is 0. The first-order chi connectivity index (χ1) is 7.18. The highest BCUT2D eigenvalue weighted by atomic mass is 16.7. The van der Waals surface area contributed by atoms with Gasteiger partial charge < -0.3 is 9.47 Å². The van der Waals surface area contributed by atoms with Crippen LogP contribution >= 0.6 is 0 Å². The second-order valence-corrected chi connectivity index (χ2v) is 5.09. The second kappa shape index (κ2) is 4.62. The van der Waals surface area contributed by atoms with Gasteiger partial charge in [-0.3, -0.25) is 4.79 Å². The molecule has 2 aliphatic rings. The van der Waals surface area contributed by atoms with Crippen molar-refractivity contribution in [2.45, 2.75) is 51.7 Å². The number of carbonyl (C=O) groups excluding carboxylic acids is 1. The first-order valence-electron chi connectivity index (χ1n) is 5.93. The van der Waals surface area contributed by atoms with E-state index in [1.807, 2.05) is 0 Å². The van der Waals surface area contributed by atoms with E-state index in [2.05, 4.69) is 6.92 Å². The summed E-state index contributed by atoms with van der Waals surface area (Å²) in [4.78, 5) is 11.4. The predicted molar refractivity (Wildman–Crippen MR) is 56.5 cm³/mol. The van der Waals surface area contributed by atoms with Crippen LogP contribution in [0.5, 0.6) is 0 Å². The van der Waals surface area contributed by atoms with Gasteiger partial charge in [-0.05, 0) is 31.1 Å². The molecular formula is C12H20O3. The molecule has 1 unspecified atom stereocenters.